The van der Waals surface area contributed by atoms with E-state index in [0.29, 0.717) is 35.6 Å². The third-order valence-corrected chi connectivity index (χ3v) is 7.72. The fraction of sp³-hybridized carbons (Fsp3) is 0.320. The summed E-state index contributed by atoms with van der Waals surface area (Å²) in [7, 11) is 0. The molecule has 1 aliphatic carbocycles. The highest BCUT2D eigenvalue weighted by atomic mass is 35.5. The lowest BCUT2D eigenvalue weighted by Gasteiger charge is -2.27. The van der Waals surface area contributed by atoms with Gasteiger partial charge in [-0.2, -0.15) is 4.39 Å². The Hall–Kier alpha value is -3.24. The maximum atomic E-state index is 14.6. The molecule has 0 saturated heterocycles. The van der Waals surface area contributed by atoms with E-state index in [-0.39, 0.29) is 18.8 Å². The Bertz CT molecular complexity index is 1310. The van der Waals surface area contributed by atoms with Crippen LogP contribution < -0.4 is 15.4 Å². The molecular formula is C25H23ClF2N2O5S. The Morgan fingerprint density at radius 1 is 0.972 bits per heavy atom. The minimum Gasteiger partial charge on any atom is -0.487 e. The number of hydrogen-bond acceptors (Lipinski definition) is 5. The quantitative estimate of drug-likeness (QED) is 0.351. The number of hydrogen-bond donors (Lipinski definition) is 3. The van der Waals surface area contributed by atoms with E-state index in [1.807, 2.05) is 24.3 Å². The van der Waals surface area contributed by atoms with Gasteiger partial charge in [0.25, 0.3) is 11.8 Å². The molecule has 2 amide bonds. The first-order chi connectivity index (χ1) is 17.3. The van der Waals surface area contributed by atoms with Gasteiger partial charge in [0.2, 0.25) is 5.82 Å². The molecule has 0 radical (unpaired) electrons. The number of carboxylic acids is 1. The maximum Gasteiger partial charge on any atom is 0.306 e. The molecule has 0 bridgehead atoms. The van der Waals surface area contributed by atoms with Crippen LogP contribution in [0.25, 0.3) is 10.1 Å². The zero-order valence-corrected chi connectivity index (χ0v) is 20.6. The van der Waals surface area contributed by atoms with Crippen molar-refractivity contribution in [3.8, 4) is 5.75 Å². The molecule has 1 heterocycles. The van der Waals surface area contributed by atoms with Crippen LogP contribution in [0.5, 0.6) is 5.75 Å². The molecule has 1 saturated carbocycles. The molecular weight excluding hydrogens is 514 g/mol. The molecule has 3 N–H and O–H groups in total. The summed E-state index contributed by atoms with van der Waals surface area (Å²) in [4.78, 5) is 36.2. The summed E-state index contributed by atoms with van der Waals surface area (Å²) in [6.45, 7) is 0.0404. The van der Waals surface area contributed by atoms with Crippen LogP contribution in [-0.4, -0.2) is 42.1 Å². The van der Waals surface area contributed by atoms with E-state index in [9.17, 15) is 23.2 Å². The second-order valence-electron chi connectivity index (χ2n) is 8.42. The van der Waals surface area contributed by atoms with Gasteiger partial charge in [-0.25, -0.2) is 4.39 Å². The molecule has 1 fully saturated rings. The Morgan fingerprint density at radius 3 is 2.31 bits per heavy atom. The molecule has 36 heavy (non-hydrogen) atoms. The zero-order chi connectivity index (χ0) is 25.8. The van der Waals surface area contributed by atoms with Crippen molar-refractivity contribution in [2.24, 2.45) is 5.92 Å². The first-order valence-corrected chi connectivity index (χ1v) is 12.6. The number of carboxylic acid groups (broad SMARTS) is 1. The molecule has 11 heteroatoms. The minimum absolute atomic E-state index is 0.0147. The average Bonchev–Trinajstić information content (AvgIpc) is 3.21. The first-order valence-electron chi connectivity index (χ1n) is 11.4. The number of carbonyl (C=O) groups is 3. The van der Waals surface area contributed by atoms with E-state index in [4.69, 9.17) is 21.4 Å². The fourth-order valence-electron chi connectivity index (χ4n) is 4.09. The Morgan fingerprint density at radius 2 is 1.64 bits per heavy atom. The van der Waals surface area contributed by atoms with Crippen LogP contribution in [0.15, 0.2) is 36.4 Å². The van der Waals surface area contributed by atoms with Crippen LogP contribution in [0, 0.1) is 17.6 Å². The van der Waals surface area contributed by atoms with Crippen molar-refractivity contribution in [2.45, 2.75) is 31.8 Å². The molecule has 190 valence electrons. The molecule has 0 aliphatic heterocycles. The molecule has 7 nitrogen and oxygen atoms in total. The first kappa shape index (κ1) is 25.8. The number of nitrogens with one attached hydrogen (secondary N) is 2. The van der Waals surface area contributed by atoms with Crippen LogP contribution in [0.2, 0.25) is 5.02 Å². The SMILES string of the molecule is O=C(NCCNC(=O)c1sc2ccccc2c1Cl)c1ccc(OC2CCC(C(=O)O)CC2)c(F)c1F. The van der Waals surface area contributed by atoms with Gasteiger partial charge in [0, 0.05) is 23.2 Å². The summed E-state index contributed by atoms with van der Waals surface area (Å²) in [5.74, 6) is -5.51. The summed E-state index contributed by atoms with van der Waals surface area (Å²) in [6.07, 6.45) is 1.20. The van der Waals surface area contributed by atoms with Crippen LogP contribution in [0.4, 0.5) is 8.78 Å². The molecule has 1 aromatic heterocycles. The van der Waals surface area contributed by atoms with E-state index >= 15 is 0 Å². The number of ether oxygens (including phenoxy) is 1. The summed E-state index contributed by atoms with van der Waals surface area (Å²) < 4.78 is 35.5. The lowest BCUT2D eigenvalue weighted by atomic mass is 9.87. The summed E-state index contributed by atoms with van der Waals surface area (Å²) >= 11 is 7.54. The van der Waals surface area contributed by atoms with Gasteiger partial charge in [-0.15, -0.1) is 11.3 Å². The molecule has 3 aromatic rings. The highest BCUT2D eigenvalue weighted by Crippen LogP contribution is 2.35. The summed E-state index contributed by atoms with van der Waals surface area (Å²) in [5, 5.41) is 15.3. The predicted molar refractivity (Wildman–Crippen MR) is 132 cm³/mol. The van der Waals surface area contributed by atoms with Crippen LogP contribution >= 0.6 is 22.9 Å². The highest BCUT2D eigenvalue weighted by Gasteiger charge is 2.28. The smallest absolute Gasteiger partial charge is 0.306 e. The standard InChI is InChI=1S/C25H23ClF2N2O5S/c26-19-15-3-1-2-4-18(15)36-22(19)24(32)30-12-11-29-23(31)16-9-10-17(21(28)20(16)27)35-14-7-5-13(6-8-14)25(33)34/h1-4,9-10,13-14H,5-8,11-12H2,(H,29,31)(H,30,32)(H,33,34). The lowest BCUT2D eigenvalue weighted by molar-refractivity contribution is -0.143. The van der Waals surface area contributed by atoms with Crippen LogP contribution in [0.1, 0.15) is 45.7 Å². The predicted octanol–water partition coefficient (Wildman–Crippen LogP) is 5.01. The van der Waals surface area contributed by atoms with E-state index in [1.165, 1.54) is 17.4 Å². The Kier molecular flexibility index (Phi) is 8.05. The van der Waals surface area contributed by atoms with E-state index in [1.54, 1.807) is 0 Å². The van der Waals surface area contributed by atoms with Crippen LogP contribution in [0.3, 0.4) is 0 Å². The monoisotopic (exact) mass is 536 g/mol. The highest BCUT2D eigenvalue weighted by molar-refractivity contribution is 7.21. The number of rotatable bonds is 8. The van der Waals surface area contributed by atoms with Gasteiger partial charge in [0.05, 0.1) is 22.6 Å². The van der Waals surface area contributed by atoms with E-state index in [0.717, 1.165) is 16.2 Å². The Balaban J connectivity index is 1.28. The maximum absolute atomic E-state index is 14.6. The molecule has 0 unspecified atom stereocenters. The number of amides is 2. The number of carbonyl (C=O) groups excluding carboxylic acids is 2. The Labute approximate surface area is 214 Å². The largest absolute Gasteiger partial charge is 0.487 e. The van der Waals surface area contributed by atoms with Gasteiger partial charge in [-0.05, 0) is 43.9 Å². The van der Waals surface area contributed by atoms with Gasteiger partial charge in [-0.3, -0.25) is 14.4 Å². The fourth-order valence-corrected chi connectivity index (χ4v) is 5.53. The van der Waals surface area contributed by atoms with Gasteiger partial charge >= 0.3 is 5.97 Å². The van der Waals surface area contributed by atoms with Crippen molar-refractivity contribution in [2.75, 3.05) is 13.1 Å². The number of halogens is 3. The van der Waals surface area contributed by atoms with E-state index < -0.39 is 47.0 Å². The van der Waals surface area contributed by atoms with Crippen molar-refractivity contribution in [1.29, 1.82) is 0 Å². The van der Waals surface area contributed by atoms with E-state index in [2.05, 4.69) is 10.6 Å². The number of thiophene rings is 1. The summed E-state index contributed by atoms with van der Waals surface area (Å²) in [6, 6.07) is 9.66. The van der Waals surface area contributed by atoms with Crippen molar-refractivity contribution in [3.05, 3.63) is 63.5 Å². The number of aliphatic carboxylic acids is 1. The second kappa shape index (κ2) is 11.2. The zero-order valence-electron chi connectivity index (χ0n) is 19.0. The third kappa shape index (κ3) is 5.60. The van der Waals surface area contributed by atoms with Crippen molar-refractivity contribution >= 4 is 50.8 Å². The molecule has 2 aromatic carbocycles. The van der Waals surface area contributed by atoms with Gasteiger partial charge in [0.15, 0.2) is 11.6 Å². The number of benzene rings is 2. The lowest BCUT2D eigenvalue weighted by Crippen LogP contribution is -2.35. The van der Waals surface area contributed by atoms with Crippen molar-refractivity contribution in [1.82, 2.24) is 10.6 Å². The molecule has 0 atom stereocenters. The number of fused-ring (bicyclic) bond motifs is 1. The normalized spacial score (nSPS) is 17.5. The van der Waals surface area contributed by atoms with Crippen LogP contribution in [-0.2, 0) is 4.79 Å². The summed E-state index contributed by atoms with van der Waals surface area (Å²) in [5.41, 5.74) is -0.492. The third-order valence-electron chi connectivity index (χ3n) is 6.05. The molecule has 0 spiro atoms. The van der Waals surface area contributed by atoms with Crippen molar-refractivity contribution < 1.29 is 33.0 Å². The minimum atomic E-state index is -1.34. The molecule has 4 rings (SSSR count). The van der Waals surface area contributed by atoms with Crippen molar-refractivity contribution in [3.63, 3.8) is 0 Å². The van der Waals surface area contributed by atoms with Gasteiger partial charge < -0.3 is 20.5 Å². The average molecular weight is 537 g/mol. The van der Waals surface area contributed by atoms with Gasteiger partial charge in [-0.1, -0.05) is 29.8 Å². The topological polar surface area (TPSA) is 105 Å². The van der Waals surface area contributed by atoms with Gasteiger partial charge in [0.1, 0.15) is 4.88 Å². The second-order valence-corrected chi connectivity index (χ2v) is 9.85. The molecule has 1 aliphatic rings.